The zero-order chi connectivity index (χ0) is 13.0. The van der Waals surface area contributed by atoms with Crippen molar-refractivity contribution >= 4 is 11.6 Å². The molecule has 0 saturated heterocycles. The lowest BCUT2D eigenvalue weighted by Crippen LogP contribution is -2.08. The molecule has 1 aromatic carbocycles. The van der Waals surface area contributed by atoms with Crippen LogP contribution in [0.3, 0.4) is 0 Å². The zero-order valence-corrected chi connectivity index (χ0v) is 10.9. The molecule has 0 aliphatic carbocycles. The van der Waals surface area contributed by atoms with Crippen LogP contribution in [0.2, 0.25) is 5.02 Å². The highest BCUT2D eigenvalue weighted by molar-refractivity contribution is 6.30. The van der Waals surface area contributed by atoms with Crippen LogP contribution in [0.5, 0.6) is 5.75 Å². The summed E-state index contributed by atoms with van der Waals surface area (Å²) < 4.78 is 7.50. The van der Waals surface area contributed by atoms with E-state index in [0.717, 1.165) is 23.7 Å². The van der Waals surface area contributed by atoms with Gasteiger partial charge in [-0.25, -0.2) is 9.67 Å². The lowest BCUT2D eigenvalue weighted by Gasteiger charge is -2.10. The van der Waals surface area contributed by atoms with Crippen LogP contribution in [-0.2, 0) is 19.7 Å². The number of aryl methyl sites for hydroxylation is 1. The zero-order valence-electron chi connectivity index (χ0n) is 10.1. The van der Waals surface area contributed by atoms with Gasteiger partial charge >= 0.3 is 0 Å². The van der Waals surface area contributed by atoms with Crippen molar-refractivity contribution in [3.63, 3.8) is 0 Å². The van der Waals surface area contributed by atoms with E-state index in [0.29, 0.717) is 18.2 Å². The third-order valence-electron chi connectivity index (χ3n) is 2.59. The monoisotopic (exact) mass is 266 g/mol. The highest BCUT2D eigenvalue weighted by atomic mass is 35.5. The lowest BCUT2D eigenvalue weighted by atomic mass is 10.2. The number of halogens is 1. The first-order valence-corrected chi connectivity index (χ1v) is 6.10. The van der Waals surface area contributed by atoms with E-state index in [2.05, 4.69) is 10.1 Å². The summed E-state index contributed by atoms with van der Waals surface area (Å²) in [5, 5.41) is 4.74. The van der Waals surface area contributed by atoms with E-state index in [1.54, 1.807) is 16.8 Å². The van der Waals surface area contributed by atoms with Gasteiger partial charge in [-0.05, 0) is 25.1 Å². The molecule has 0 saturated carbocycles. The second-order valence-corrected chi connectivity index (χ2v) is 4.17. The molecular formula is C12H15ClN4O. The Morgan fingerprint density at radius 2 is 2.28 bits per heavy atom. The fourth-order valence-electron chi connectivity index (χ4n) is 1.65. The SMILES string of the molecule is CCn1ncnc1COc1ccc(Cl)cc1CN. The summed E-state index contributed by atoms with van der Waals surface area (Å²) in [4.78, 5) is 4.14. The van der Waals surface area contributed by atoms with Crippen LogP contribution in [0.4, 0.5) is 0 Å². The van der Waals surface area contributed by atoms with Gasteiger partial charge in [0.2, 0.25) is 0 Å². The molecule has 96 valence electrons. The molecule has 0 aliphatic heterocycles. The average Bonchev–Trinajstić information content (AvgIpc) is 2.84. The fraction of sp³-hybridized carbons (Fsp3) is 0.333. The van der Waals surface area contributed by atoms with Gasteiger partial charge in [0.05, 0.1) is 0 Å². The molecule has 2 aromatic rings. The molecule has 0 bridgehead atoms. The fourth-order valence-corrected chi connectivity index (χ4v) is 1.85. The summed E-state index contributed by atoms with van der Waals surface area (Å²) in [6.07, 6.45) is 1.52. The molecule has 0 fully saturated rings. The minimum absolute atomic E-state index is 0.364. The Morgan fingerprint density at radius 1 is 1.44 bits per heavy atom. The van der Waals surface area contributed by atoms with Crippen LogP contribution in [0.1, 0.15) is 18.3 Å². The van der Waals surface area contributed by atoms with E-state index in [4.69, 9.17) is 22.1 Å². The lowest BCUT2D eigenvalue weighted by molar-refractivity contribution is 0.284. The molecule has 0 radical (unpaired) electrons. The second kappa shape index (κ2) is 5.84. The first-order chi connectivity index (χ1) is 8.74. The summed E-state index contributed by atoms with van der Waals surface area (Å²) in [6.45, 7) is 3.52. The standard InChI is InChI=1S/C12H15ClN4O/c1-2-17-12(15-8-16-17)7-18-11-4-3-10(13)5-9(11)6-14/h3-5,8H,2,6-7,14H2,1H3. The van der Waals surface area contributed by atoms with E-state index < -0.39 is 0 Å². The quantitative estimate of drug-likeness (QED) is 0.899. The molecule has 0 unspecified atom stereocenters. The minimum atomic E-state index is 0.364. The predicted molar refractivity (Wildman–Crippen MR) is 69.4 cm³/mol. The van der Waals surface area contributed by atoms with E-state index in [-0.39, 0.29) is 0 Å². The van der Waals surface area contributed by atoms with Crippen molar-refractivity contribution in [2.45, 2.75) is 26.6 Å². The van der Waals surface area contributed by atoms with E-state index >= 15 is 0 Å². The molecule has 2 N–H and O–H groups in total. The van der Waals surface area contributed by atoms with Gasteiger partial charge in [-0.1, -0.05) is 11.6 Å². The van der Waals surface area contributed by atoms with Crippen molar-refractivity contribution in [1.82, 2.24) is 14.8 Å². The first kappa shape index (κ1) is 12.9. The molecular weight excluding hydrogens is 252 g/mol. The second-order valence-electron chi connectivity index (χ2n) is 3.74. The van der Waals surface area contributed by atoms with Crippen LogP contribution < -0.4 is 10.5 Å². The largest absolute Gasteiger partial charge is 0.485 e. The molecule has 6 heteroatoms. The minimum Gasteiger partial charge on any atom is -0.485 e. The molecule has 18 heavy (non-hydrogen) atoms. The van der Waals surface area contributed by atoms with Gasteiger partial charge < -0.3 is 10.5 Å². The summed E-state index contributed by atoms with van der Waals surface area (Å²) in [5.41, 5.74) is 6.53. The van der Waals surface area contributed by atoms with Crippen molar-refractivity contribution in [2.24, 2.45) is 5.73 Å². The topological polar surface area (TPSA) is 66.0 Å². The summed E-state index contributed by atoms with van der Waals surface area (Å²) in [6, 6.07) is 5.40. The molecule has 0 spiro atoms. The molecule has 2 rings (SSSR count). The number of benzene rings is 1. The maximum Gasteiger partial charge on any atom is 0.164 e. The van der Waals surface area contributed by atoms with Gasteiger partial charge in [-0.3, -0.25) is 0 Å². The number of aromatic nitrogens is 3. The van der Waals surface area contributed by atoms with Crippen LogP contribution in [0, 0.1) is 0 Å². The Labute approximate surface area is 111 Å². The number of ether oxygens (including phenoxy) is 1. The van der Waals surface area contributed by atoms with Gasteiger partial charge in [-0.15, -0.1) is 0 Å². The maximum absolute atomic E-state index is 5.91. The first-order valence-electron chi connectivity index (χ1n) is 5.72. The number of nitrogens with two attached hydrogens (primary N) is 1. The Kier molecular flexibility index (Phi) is 4.17. The van der Waals surface area contributed by atoms with Crippen LogP contribution in [0.15, 0.2) is 24.5 Å². The average molecular weight is 267 g/mol. The van der Waals surface area contributed by atoms with Crippen molar-refractivity contribution in [1.29, 1.82) is 0 Å². The van der Waals surface area contributed by atoms with E-state index in [1.807, 2.05) is 13.0 Å². The van der Waals surface area contributed by atoms with Crippen LogP contribution in [-0.4, -0.2) is 14.8 Å². The summed E-state index contributed by atoms with van der Waals surface area (Å²) in [5.74, 6) is 1.52. The summed E-state index contributed by atoms with van der Waals surface area (Å²) >= 11 is 5.91. The Bertz CT molecular complexity index is 527. The van der Waals surface area contributed by atoms with Crippen LogP contribution in [0.25, 0.3) is 0 Å². The molecule has 5 nitrogen and oxygen atoms in total. The molecule has 1 aromatic heterocycles. The van der Waals surface area contributed by atoms with Crippen molar-refractivity contribution in [3.8, 4) is 5.75 Å². The Morgan fingerprint density at radius 3 is 3.00 bits per heavy atom. The van der Waals surface area contributed by atoms with Crippen LogP contribution >= 0.6 is 11.6 Å². The Hall–Kier alpha value is -1.59. The molecule has 0 atom stereocenters. The molecule has 0 amide bonds. The Balaban J connectivity index is 2.10. The van der Waals surface area contributed by atoms with Gasteiger partial charge in [0, 0.05) is 23.7 Å². The molecule has 1 heterocycles. The van der Waals surface area contributed by atoms with Crippen molar-refractivity contribution in [2.75, 3.05) is 0 Å². The third-order valence-corrected chi connectivity index (χ3v) is 2.83. The third kappa shape index (κ3) is 2.80. The highest BCUT2D eigenvalue weighted by Crippen LogP contribution is 2.23. The highest BCUT2D eigenvalue weighted by Gasteiger charge is 2.07. The van der Waals surface area contributed by atoms with Gasteiger partial charge in [-0.2, -0.15) is 5.10 Å². The van der Waals surface area contributed by atoms with Gasteiger partial charge in [0.25, 0.3) is 0 Å². The number of hydrogen-bond donors (Lipinski definition) is 1. The van der Waals surface area contributed by atoms with E-state index in [1.165, 1.54) is 6.33 Å². The summed E-state index contributed by atoms with van der Waals surface area (Å²) in [7, 11) is 0. The van der Waals surface area contributed by atoms with Gasteiger partial charge in [0.15, 0.2) is 5.82 Å². The van der Waals surface area contributed by atoms with Crippen molar-refractivity contribution < 1.29 is 4.74 Å². The predicted octanol–water partition coefficient (Wildman–Crippen LogP) is 1.99. The number of rotatable bonds is 5. The maximum atomic E-state index is 5.91. The van der Waals surface area contributed by atoms with Crippen molar-refractivity contribution in [3.05, 3.63) is 40.9 Å². The van der Waals surface area contributed by atoms with E-state index in [9.17, 15) is 0 Å². The number of nitrogens with zero attached hydrogens (tertiary/aromatic N) is 3. The normalized spacial score (nSPS) is 10.6. The number of hydrogen-bond acceptors (Lipinski definition) is 4. The van der Waals surface area contributed by atoms with Gasteiger partial charge in [0.1, 0.15) is 18.7 Å². The molecule has 0 aliphatic rings. The smallest absolute Gasteiger partial charge is 0.164 e.